The van der Waals surface area contributed by atoms with Crippen LogP contribution >= 0.6 is 11.8 Å². The summed E-state index contributed by atoms with van der Waals surface area (Å²) in [6.07, 6.45) is 1.96. The van der Waals surface area contributed by atoms with Gasteiger partial charge in [-0.2, -0.15) is 5.26 Å². The lowest BCUT2D eigenvalue weighted by molar-refractivity contribution is 0.391. The predicted molar refractivity (Wildman–Crippen MR) is 71.5 cm³/mol. The van der Waals surface area contributed by atoms with Crippen molar-refractivity contribution in [3.05, 3.63) is 41.3 Å². The zero-order valence-electron chi connectivity index (χ0n) is 10.2. The molecule has 1 aromatic carbocycles. The van der Waals surface area contributed by atoms with Crippen LogP contribution in [-0.2, 0) is 6.54 Å². The average molecular weight is 259 g/mol. The number of nitrogens with zero attached hydrogens (tertiary/aromatic N) is 2. The third-order valence-corrected chi connectivity index (χ3v) is 3.27. The number of nitrogens with one attached hydrogen (secondary N) is 1. The molecule has 0 saturated carbocycles. The average Bonchev–Trinajstić information content (AvgIpc) is 2.81. The Balaban J connectivity index is 2.17. The number of hydrogen-bond donors (Lipinski definition) is 1. The quantitative estimate of drug-likeness (QED) is 0.854. The van der Waals surface area contributed by atoms with Gasteiger partial charge in [-0.1, -0.05) is 11.2 Å². The maximum atomic E-state index is 9.19. The maximum Gasteiger partial charge on any atom is 0.133 e. The molecule has 2 rings (SSSR count). The van der Waals surface area contributed by atoms with Gasteiger partial charge in [0.25, 0.3) is 0 Å². The standard InChI is InChI=1S/C13H13N3OS/c1-9-6-10(16-17-9)8-15-12-4-3-5-13(18-2)11(12)7-14/h3-6,15H,8H2,1-2H3. The van der Waals surface area contributed by atoms with Gasteiger partial charge in [0.05, 0.1) is 17.8 Å². The number of thioether (sulfide) groups is 1. The Kier molecular flexibility index (Phi) is 3.90. The molecule has 5 heteroatoms. The highest BCUT2D eigenvalue weighted by atomic mass is 32.2. The first-order valence-corrected chi connectivity index (χ1v) is 6.70. The molecular formula is C13H13N3OS. The summed E-state index contributed by atoms with van der Waals surface area (Å²) in [6.45, 7) is 2.40. The van der Waals surface area contributed by atoms with E-state index in [1.54, 1.807) is 11.8 Å². The molecule has 1 aromatic heterocycles. The van der Waals surface area contributed by atoms with Gasteiger partial charge in [0.2, 0.25) is 0 Å². The van der Waals surface area contributed by atoms with Gasteiger partial charge in [0, 0.05) is 11.0 Å². The Morgan fingerprint density at radius 3 is 2.94 bits per heavy atom. The van der Waals surface area contributed by atoms with Gasteiger partial charge >= 0.3 is 0 Å². The van der Waals surface area contributed by atoms with E-state index in [1.807, 2.05) is 37.4 Å². The number of aryl methyl sites for hydroxylation is 1. The van der Waals surface area contributed by atoms with Crippen LogP contribution < -0.4 is 5.32 Å². The van der Waals surface area contributed by atoms with E-state index in [0.717, 1.165) is 22.0 Å². The number of anilines is 1. The normalized spacial score (nSPS) is 10.1. The fourth-order valence-corrected chi connectivity index (χ4v) is 2.23. The Morgan fingerprint density at radius 2 is 2.33 bits per heavy atom. The third kappa shape index (κ3) is 2.66. The van der Waals surface area contributed by atoms with Crippen molar-refractivity contribution in [1.82, 2.24) is 5.16 Å². The predicted octanol–water partition coefficient (Wildman–Crippen LogP) is 3.19. The molecule has 92 valence electrons. The SMILES string of the molecule is CSc1cccc(NCc2cc(C)on2)c1C#N. The molecule has 0 aliphatic heterocycles. The van der Waals surface area contributed by atoms with Crippen LogP contribution in [0.3, 0.4) is 0 Å². The van der Waals surface area contributed by atoms with Gasteiger partial charge < -0.3 is 9.84 Å². The van der Waals surface area contributed by atoms with Crippen molar-refractivity contribution in [2.45, 2.75) is 18.4 Å². The molecular weight excluding hydrogens is 246 g/mol. The first-order chi connectivity index (χ1) is 8.74. The molecule has 0 fully saturated rings. The highest BCUT2D eigenvalue weighted by Crippen LogP contribution is 2.26. The van der Waals surface area contributed by atoms with Crippen molar-refractivity contribution < 1.29 is 4.52 Å². The molecule has 1 N–H and O–H groups in total. The molecule has 0 saturated heterocycles. The summed E-state index contributed by atoms with van der Waals surface area (Å²) in [5, 5.41) is 16.3. The van der Waals surface area contributed by atoms with Crippen molar-refractivity contribution in [2.24, 2.45) is 0 Å². The largest absolute Gasteiger partial charge is 0.378 e. The fourth-order valence-electron chi connectivity index (χ4n) is 1.65. The van der Waals surface area contributed by atoms with E-state index in [1.165, 1.54) is 0 Å². The summed E-state index contributed by atoms with van der Waals surface area (Å²) in [4.78, 5) is 0.971. The molecule has 0 radical (unpaired) electrons. The molecule has 0 aliphatic carbocycles. The second-order valence-corrected chi connectivity index (χ2v) is 4.63. The van der Waals surface area contributed by atoms with E-state index in [-0.39, 0.29) is 0 Å². The van der Waals surface area contributed by atoms with E-state index in [0.29, 0.717) is 12.1 Å². The van der Waals surface area contributed by atoms with E-state index in [2.05, 4.69) is 16.5 Å². The van der Waals surface area contributed by atoms with Crippen LogP contribution in [0, 0.1) is 18.3 Å². The Labute approximate surface area is 110 Å². The fraction of sp³-hybridized carbons (Fsp3) is 0.231. The Hall–Kier alpha value is -1.93. The molecule has 2 aromatic rings. The number of benzene rings is 1. The lowest BCUT2D eigenvalue weighted by Crippen LogP contribution is -2.02. The first kappa shape index (κ1) is 12.5. The highest BCUT2D eigenvalue weighted by Gasteiger charge is 2.07. The summed E-state index contributed by atoms with van der Waals surface area (Å²) < 4.78 is 5.00. The minimum atomic E-state index is 0.545. The Morgan fingerprint density at radius 1 is 1.50 bits per heavy atom. The molecule has 4 nitrogen and oxygen atoms in total. The number of rotatable bonds is 4. The summed E-state index contributed by atoms with van der Waals surface area (Å²) in [5.74, 6) is 0.783. The smallest absolute Gasteiger partial charge is 0.133 e. The van der Waals surface area contributed by atoms with Crippen molar-refractivity contribution in [3.63, 3.8) is 0 Å². The van der Waals surface area contributed by atoms with E-state index >= 15 is 0 Å². The summed E-state index contributed by atoms with van der Waals surface area (Å²) in [6, 6.07) is 9.87. The van der Waals surface area contributed by atoms with E-state index in [9.17, 15) is 5.26 Å². The highest BCUT2D eigenvalue weighted by molar-refractivity contribution is 7.98. The third-order valence-electron chi connectivity index (χ3n) is 2.49. The Bertz CT molecular complexity index is 586. The first-order valence-electron chi connectivity index (χ1n) is 5.47. The van der Waals surface area contributed by atoms with Crippen molar-refractivity contribution in [3.8, 4) is 6.07 Å². The lowest BCUT2D eigenvalue weighted by Gasteiger charge is -2.08. The van der Waals surface area contributed by atoms with Gasteiger partial charge in [-0.05, 0) is 25.3 Å². The molecule has 0 bridgehead atoms. The van der Waals surface area contributed by atoms with Crippen molar-refractivity contribution >= 4 is 17.4 Å². The molecule has 0 unspecified atom stereocenters. The van der Waals surface area contributed by atoms with Crippen molar-refractivity contribution in [1.29, 1.82) is 5.26 Å². The summed E-state index contributed by atoms with van der Waals surface area (Å²) >= 11 is 1.56. The molecule has 0 aliphatic rings. The minimum absolute atomic E-state index is 0.545. The lowest BCUT2D eigenvalue weighted by atomic mass is 10.2. The summed E-state index contributed by atoms with van der Waals surface area (Å²) in [5.41, 5.74) is 2.32. The summed E-state index contributed by atoms with van der Waals surface area (Å²) in [7, 11) is 0. The van der Waals surface area contributed by atoms with Crippen LogP contribution in [0.15, 0.2) is 33.7 Å². The van der Waals surface area contributed by atoms with Crippen LogP contribution in [0.2, 0.25) is 0 Å². The van der Waals surface area contributed by atoms with Crippen LogP contribution in [-0.4, -0.2) is 11.4 Å². The zero-order valence-corrected chi connectivity index (χ0v) is 11.0. The molecule has 0 atom stereocenters. The van der Waals surface area contributed by atoms with Crippen LogP contribution in [0.4, 0.5) is 5.69 Å². The van der Waals surface area contributed by atoms with Crippen molar-refractivity contribution in [2.75, 3.05) is 11.6 Å². The topological polar surface area (TPSA) is 61.9 Å². The van der Waals surface area contributed by atoms with Gasteiger partial charge in [-0.15, -0.1) is 11.8 Å². The molecule has 1 heterocycles. The van der Waals surface area contributed by atoms with Crippen LogP contribution in [0.1, 0.15) is 17.0 Å². The molecule has 18 heavy (non-hydrogen) atoms. The second kappa shape index (κ2) is 5.61. The van der Waals surface area contributed by atoms with Gasteiger partial charge in [-0.3, -0.25) is 0 Å². The number of hydrogen-bond acceptors (Lipinski definition) is 5. The maximum absolute atomic E-state index is 9.19. The number of aromatic nitrogens is 1. The minimum Gasteiger partial charge on any atom is -0.378 e. The molecule has 0 amide bonds. The van der Waals surface area contributed by atoms with Crippen LogP contribution in [0.25, 0.3) is 0 Å². The monoisotopic (exact) mass is 259 g/mol. The second-order valence-electron chi connectivity index (χ2n) is 3.78. The number of nitriles is 1. The van der Waals surface area contributed by atoms with Crippen LogP contribution in [0.5, 0.6) is 0 Å². The zero-order chi connectivity index (χ0) is 13.0. The van der Waals surface area contributed by atoms with E-state index < -0.39 is 0 Å². The van der Waals surface area contributed by atoms with Gasteiger partial charge in [0.15, 0.2) is 0 Å². The van der Waals surface area contributed by atoms with Gasteiger partial charge in [0.1, 0.15) is 17.5 Å². The molecule has 0 spiro atoms. The van der Waals surface area contributed by atoms with Gasteiger partial charge in [-0.25, -0.2) is 0 Å². The van der Waals surface area contributed by atoms with E-state index in [4.69, 9.17) is 4.52 Å².